The summed E-state index contributed by atoms with van der Waals surface area (Å²) in [5, 5.41) is 0.592. The topological polar surface area (TPSA) is 25.8 Å². The molecule has 1 aromatic rings. The minimum absolute atomic E-state index is 0.551. The van der Waals surface area contributed by atoms with Gasteiger partial charge in [0, 0.05) is 11.6 Å². The SMILES string of the molecule is CC(C)Cc1cc(Cl)nc(C2CC2C)n1. The first-order chi connectivity index (χ1) is 7.06. The van der Waals surface area contributed by atoms with Crippen LogP contribution in [0, 0.1) is 11.8 Å². The van der Waals surface area contributed by atoms with E-state index in [0.717, 1.165) is 23.9 Å². The average Bonchev–Trinajstić information content (AvgIpc) is 2.80. The van der Waals surface area contributed by atoms with E-state index in [9.17, 15) is 0 Å². The van der Waals surface area contributed by atoms with Gasteiger partial charge in [-0.3, -0.25) is 0 Å². The summed E-state index contributed by atoms with van der Waals surface area (Å²) in [7, 11) is 0. The van der Waals surface area contributed by atoms with Gasteiger partial charge in [-0.2, -0.15) is 0 Å². The van der Waals surface area contributed by atoms with E-state index in [2.05, 4.69) is 30.7 Å². The fourth-order valence-electron chi connectivity index (χ4n) is 1.85. The normalized spacial score (nSPS) is 24.6. The van der Waals surface area contributed by atoms with Gasteiger partial charge in [-0.25, -0.2) is 9.97 Å². The minimum atomic E-state index is 0.551. The first-order valence-corrected chi connectivity index (χ1v) is 5.97. The molecule has 0 amide bonds. The fourth-order valence-corrected chi connectivity index (χ4v) is 2.07. The molecule has 2 atom stereocenters. The van der Waals surface area contributed by atoms with Gasteiger partial charge in [0.05, 0.1) is 0 Å². The van der Waals surface area contributed by atoms with Crippen LogP contribution in [0.1, 0.15) is 44.6 Å². The highest BCUT2D eigenvalue weighted by atomic mass is 35.5. The predicted molar refractivity (Wildman–Crippen MR) is 62.1 cm³/mol. The Balaban J connectivity index is 2.21. The summed E-state index contributed by atoms with van der Waals surface area (Å²) in [6.45, 7) is 6.61. The predicted octanol–water partition coefficient (Wildman–Crippen LogP) is 3.45. The van der Waals surface area contributed by atoms with Crippen LogP contribution in [0.5, 0.6) is 0 Å². The van der Waals surface area contributed by atoms with E-state index in [1.54, 1.807) is 0 Å². The summed E-state index contributed by atoms with van der Waals surface area (Å²) in [4.78, 5) is 8.90. The van der Waals surface area contributed by atoms with Crippen LogP contribution in [-0.2, 0) is 6.42 Å². The number of halogens is 1. The van der Waals surface area contributed by atoms with Crippen molar-refractivity contribution in [2.24, 2.45) is 11.8 Å². The van der Waals surface area contributed by atoms with Crippen molar-refractivity contribution < 1.29 is 0 Å². The van der Waals surface area contributed by atoms with Crippen LogP contribution >= 0.6 is 11.6 Å². The summed E-state index contributed by atoms with van der Waals surface area (Å²) in [5.74, 6) is 2.84. The van der Waals surface area contributed by atoms with Crippen molar-refractivity contribution in [2.45, 2.75) is 39.5 Å². The van der Waals surface area contributed by atoms with Crippen LogP contribution in [0.4, 0.5) is 0 Å². The maximum absolute atomic E-state index is 6.00. The maximum atomic E-state index is 6.00. The molecule has 1 fully saturated rings. The van der Waals surface area contributed by atoms with Crippen LogP contribution < -0.4 is 0 Å². The van der Waals surface area contributed by atoms with E-state index >= 15 is 0 Å². The lowest BCUT2D eigenvalue weighted by Crippen LogP contribution is -2.02. The van der Waals surface area contributed by atoms with Crippen LogP contribution in [0.3, 0.4) is 0 Å². The Labute approximate surface area is 96.1 Å². The molecule has 15 heavy (non-hydrogen) atoms. The van der Waals surface area contributed by atoms with Gasteiger partial charge in [-0.15, -0.1) is 0 Å². The molecule has 82 valence electrons. The van der Waals surface area contributed by atoms with Crippen LogP contribution in [0.25, 0.3) is 0 Å². The van der Waals surface area contributed by atoms with Gasteiger partial charge in [0.25, 0.3) is 0 Å². The van der Waals surface area contributed by atoms with E-state index in [0.29, 0.717) is 17.0 Å². The molecule has 0 N–H and O–H groups in total. The molecule has 1 aliphatic carbocycles. The quantitative estimate of drug-likeness (QED) is 0.735. The maximum Gasteiger partial charge on any atom is 0.133 e. The second-order valence-corrected chi connectivity index (χ2v) is 5.34. The van der Waals surface area contributed by atoms with Crippen LogP contribution in [0.15, 0.2) is 6.07 Å². The average molecular weight is 225 g/mol. The zero-order valence-electron chi connectivity index (χ0n) is 9.50. The summed E-state index contributed by atoms with van der Waals surface area (Å²) < 4.78 is 0. The van der Waals surface area contributed by atoms with Gasteiger partial charge in [-0.1, -0.05) is 32.4 Å². The van der Waals surface area contributed by atoms with Crippen LogP contribution in [0.2, 0.25) is 5.15 Å². The molecule has 3 heteroatoms. The van der Waals surface area contributed by atoms with Crippen molar-refractivity contribution in [1.29, 1.82) is 0 Å². The van der Waals surface area contributed by atoms with Crippen molar-refractivity contribution in [2.75, 3.05) is 0 Å². The first kappa shape index (κ1) is 10.9. The summed E-state index contributed by atoms with van der Waals surface area (Å²) >= 11 is 6.00. The second-order valence-electron chi connectivity index (χ2n) is 4.96. The van der Waals surface area contributed by atoms with Gasteiger partial charge in [0.1, 0.15) is 11.0 Å². The van der Waals surface area contributed by atoms with Gasteiger partial charge in [-0.05, 0) is 30.7 Å². The molecule has 1 saturated carbocycles. The molecule has 2 rings (SSSR count). The smallest absolute Gasteiger partial charge is 0.133 e. The van der Waals surface area contributed by atoms with Crippen molar-refractivity contribution in [3.05, 3.63) is 22.7 Å². The highest BCUT2D eigenvalue weighted by Crippen LogP contribution is 2.45. The number of hydrogen-bond acceptors (Lipinski definition) is 2. The molecule has 0 radical (unpaired) electrons. The monoisotopic (exact) mass is 224 g/mol. The number of nitrogens with zero attached hydrogens (tertiary/aromatic N) is 2. The Bertz CT molecular complexity index is 363. The lowest BCUT2D eigenvalue weighted by atomic mass is 10.1. The largest absolute Gasteiger partial charge is 0.238 e. The lowest BCUT2D eigenvalue weighted by molar-refractivity contribution is 0.629. The molecule has 0 aromatic carbocycles. The van der Waals surface area contributed by atoms with Crippen molar-refractivity contribution in [3.63, 3.8) is 0 Å². The highest BCUT2D eigenvalue weighted by Gasteiger charge is 2.36. The Kier molecular flexibility index (Phi) is 2.96. The van der Waals surface area contributed by atoms with Gasteiger partial charge < -0.3 is 0 Å². The van der Waals surface area contributed by atoms with E-state index in [1.165, 1.54) is 6.42 Å². The van der Waals surface area contributed by atoms with E-state index in [4.69, 9.17) is 11.6 Å². The molecule has 0 aliphatic heterocycles. The number of rotatable bonds is 3. The first-order valence-electron chi connectivity index (χ1n) is 5.59. The van der Waals surface area contributed by atoms with E-state index in [1.807, 2.05) is 6.07 Å². The molecule has 1 aromatic heterocycles. The standard InChI is InChI=1S/C12H17ClN2/c1-7(2)4-9-6-11(13)15-12(14-9)10-5-8(10)3/h6-8,10H,4-5H2,1-3H3. The Hall–Kier alpha value is -0.630. The summed E-state index contributed by atoms with van der Waals surface area (Å²) in [5.41, 5.74) is 1.08. The van der Waals surface area contributed by atoms with E-state index in [-0.39, 0.29) is 0 Å². The Morgan fingerprint density at radius 3 is 2.67 bits per heavy atom. The lowest BCUT2D eigenvalue weighted by Gasteiger charge is -2.06. The molecule has 2 nitrogen and oxygen atoms in total. The molecule has 1 aliphatic rings. The third kappa shape index (κ3) is 2.69. The molecular formula is C12H17ClN2. The summed E-state index contributed by atoms with van der Waals surface area (Å²) in [6.07, 6.45) is 2.19. The highest BCUT2D eigenvalue weighted by molar-refractivity contribution is 6.29. The molecule has 1 heterocycles. The molecule has 2 unspecified atom stereocenters. The molecule has 0 bridgehead atoms. The third-order valence-electron chi connectivity index (χ3n) is 2.82. The van der Waals surface area contributed by atoms with Gasteiger partial charge in [0.2, 0.25) is 0 Å². The fraction of sp³-hybridized carbons (Fsp3) is 0.667. The molecule has 0 spiro atoms. The second kappa shape index (κ2) is 4.09. The Morgan fingerprint density at radius 2 is 2.13 bits per heavy atom. The van der Waals surface area contributed by atoms with Crippen molar-refractivity contribution in [1.82, 2.24) is 9.97 Å². The molecule has 0 saturated heterocycles. The van der Waals surface area contributed by atoms with Crippen molar-refractivity contribution >= 4 is 11.6 Å². The Morgan fingerprint density at radius 1 is 1.47 bits per heavy atom. The van der Waals surface area contributed by atoms with Gasteiger partial charge >= 0.3 is 0 Å². The van der Waals surface area contributed by atoms with Crippen molar-refractivity contribution in [3.8, 4) is 0 Å². The van der Waals surface area contributed by atoms with Gasteiger partial charge in [0.15, 0.2) is 0 Å². The number of aromatic nitrogens is 2. The zero-order valence-corrected chi connectivity index (χ0v) is 10.3. The zero-order chi connectivity index (χ0) is 11.0. The van der Waals surface area contributed by atoms with E-state index < -0.39 is 0 Å². The molecular weight excluding hydrogens is 208 g/mol. The minimum Gasteiger partial charge on any atom is -0.238 e. The summed E-state index contributed by atoms with van der Waals surface area (Å²) in [6, 6.07) is 1.89. The van der Waals surface area contributed by atoms with Crippen LogP contribution in [-0.4, -0.2) is 9.97 Å². The number of hydrogen-bond donors (Lipinski definition) is 0. The third-order valence-corrected chi connectivity index (χ3v) is 3.02.